The van der Waals surface area contributed by atoms with E-state index in [1.807, 2.05) is 6.07 Å². The van der Waals surface area contributed by atoms with Gasteiger partial charge in [-0.25, -0.2) is 0 Å². The van der Waals surface area contributed by atoms with E-state index < -0.39 is 0 Å². The highest BCUT2D eigenvalue weighted by molar-refractivity contribution is 5.35. The average molecular weight is 178 g/mol. The topological polar surface area (TPSA) is 18.5 Å². The molecule has 1 aromatic carbocycles. The summed E-state index contributed by atoms with van der Waals surface area (Å²) in [6.07, 6.45) is 1.26. The van der Waals surface area contributed by atoms with Crippen LogP contribution in [0.2, 0.25) is 0 Å². The zero-order chi connectivity index (χ0) is 9.26. The summed E-state index contributed by atoms with van der Waals surface area (Å²) in [6, 6.07) is 8.36. The van der Waals surface area contributed by atoms with Gasteiger partial charge < -0.3 is 9.47 Å². The average Bonchev–Trinajstić information content (AvgIpc) is 2.55. The van der Waals surface area contributed by atoms with Crippen molar-refractivity contribution in [3.63, 3.8) is 0 Å². The van der Waals surface area contributed by atoms with Crippen LogP contribution in [0.25, 0.3) is 0 Å². The van der Waals surface area contributed by atoms with Crippen molar-refractivity contribution in [3.8, 4) is 0 Å². The molecule has 0 amide bonds. The highest BCUT2D eigenvalue weighted by Gasteiger charge is 2.31. The Morgan fingerprint density at radius 3 is 2.62 bits per heavy atom. The highest BCUT2D eigenvalue weighted by Crippen LogP contribution is 2.34. The van der Waals surface area contributed by atoms with Gasteiger partial charge in [0, 0.05) is 20.6 Å². The Hall–Kier alpha value is -0.860. The molecule has 0 spiro atoms. The van der Waals surface area contributed by atoms with Crippen molar-refractivity contribution in [1.82, 2.24) is 0 Å². The number of benzene rings is 1. The van der Waals surface area contributed by atoms with Gasteiger partial charge in [0.05, 0.1) is 6.10 Å². The molecule has 0 saturated heterocycles. The van der Waals surface area contributed by atoms with Crippen LogP contribution in [0.15, 0.2) is 24.3 Å². The lowest BCUT2D eigenvalue weighted by Crippen LogP contribution is -2.17. The maximum absolute atomic E-state index is 5.42. The van der Waals surface area contributed by atoms with Crippen molar-refractivity contribution in [2.75, 3.05) is 14.2 Å². The van der Waals surface area contributed by atoms with Crippen LogP contribution in [0, 0.1) is 0 Å². The summed E-state index contributed by atoms with van der Waals surface area (Å²) in [5, 5.41) is 0. The summed E-state index contributed by atoms with van der Waals surface area (Å²) in [7, 11) is 3.47. The normalized spacial score (nSPS) is 26.0. The van der Waals surface area contributed by atoms with Crippen molar-refractivity contribution >= 4 is 0 Å². The van der Waals surface area contributed by atoms with Crippen molar-refractivity contribution in [3.05, 3.63) is 35.4 Å². The molecule has 1 aromatic rings. The van der Waals surface area contributed by atoms with Gasteiger partial charge in [-0.3, -0.25) is 0 Å². The van der Waals surface area contributed by atoms with Crippen LogP contribution in [-0.4, -0.2) is 20.3 Å². The molecule has 0 unspecified atom stereocenters. The molecule has 2 heteroatoms. The summed E-state index contributed by atoms with van der Waals surface area (Å²) in [5.74, 6) is 0. The monoisotopic (exact) mass is 178 g/mol. The van der Waals surface area contributed by atoms with E-state index in [-0.39, 0.29) is 12.2 Å². The van der Waals surface area contributed by atoms with E-state index in [9.17, 15) is 0 Å². The number of hydrogen-bond acceptors (Lipinski definition) is 2. The van der Waals surface area contributed by atoms with Crippen molar-refractivity contribution in [2.45, 2.75) is 18.6 Å². The van der Waals surface area contributed by atoms with E-state index in [4.69, 9.17) is 9.47 Å². The molecule has 1 aliphatic rings. The van der Waals surface area contributed by atoms with Gasteiger partial charge in [0.25, 0.3) is 0 Å². The van der Waals surface area contributed by atoms with Gasteiger partial charge in [0.15, 0.2) is 0 Å². The Balaban J connectivity index is 2.34. The summed E-state index contributed by atoms with van der Waals surface area (Å²) in [5.41, 5.74) is 2.62. The van der Waals surface area contributed by atoms with Crippen molar-refractivity contribution in [2.24, 2.45) is 0 Å². The molecule has 0 aromatic heterocycles. The van der Waals surface area contributed by atoms with Gasteiger partial charge >= 0.3 is 0 Å². The van der Waals surface area contributed by atoms with Crippen molar-refractivity contribution < 1.29 is 9.47 Å². The first-order chi connectivity index (χ1) is 6.36. The molecule has 2 atom stereocenters. The minimum atomic E-state index is 0.112. The lowest BCUT2D eigenvalue weighted by Gasteiger charge is -2.16. The molecule has 0 aliphatic heterocycles. The maximum Gasteiger partial charge on any atom is 0.109 e. The van der Waals surface area contributed by atoms with Gasteiger partial charge in [-0.2, -0.15) is 0 Å². The van der Waals surface area contributed by atoms with Crippen LogP contribution in [0.4, 0.5) is 0 Å². The molecule has 2 nitrogen and oxygen atoms in total. The second-order valence-corrected chi connectivity index (χ2v) is 3.33. The predicted molar refractivity (Wildman–Crippen MR) is 50.7 cm³/mol. The van der Waals surface area contributed by atoms with Gasteiger partial charge in [0.2, 0.25) is 0 Å². The highest BCUT2D eigenvalue weighted by atomic mass is 16.5. The van der Waals surface area contributed by atoms with Crippen molar-refractivity contribution in [1.29, 1.82) is 0 Å². The summed E-state index contributed by atoms with van der Waals surface area (Å²) in [4.78, 5) is 0. The third-order valence-electron chi connectivity index (χ3n) is 2.68. The van der Waals surface area contributed by atoms with E-state index in [1.165, 1.54) is 11.1 Å². The molecular formula is C11H14O2. The number of hydrogen-bond donors (Lipinski definition) is 0. The lowest BCUT2D eigenvalue weighted by atomic mass is 10.1. The number of ether oxygens (including phenoxy) is 2. The van der Waals surface area contributed by atoms with E-state index in [1.54, 1.807) is 14.2 Å². The molecule has 2 rings (SSSR count). The van der Waals surface area contributed by atoms with Crippen LogP contribution in [-0.2, 0) is 15.9 Å². The Morgan fingerprint density at radius 1 is 1.15 bits per heavy atom. The second-order valence-electron chi connectivity index (χ2n) is 3.33. The Morgan fingerprint density at radius 2 is 1.92 bits per heavy atom. The van der Waals surface area contributed by atoms with Crippen LogP contribution < -0.4 is 0 Å². The lowest BCUT2D eigenvalue weighted by molar-refractivity contribution is -0.0259. The number of fused-ring (bicyclic) bond motifs is 1. The zero-order valence-electron chi connectivity index (χ0n) is 7.99. The Kier molecular flexibility index (Phi) is 2.34. The van der Waals surface area contributed by atoms with Crippen LogP contribution in [0.1, 0.15) is 17.2 Å². The SMILES string of the molecule is CO[C@@H]1Cc2ccccc2[C@@H]1OC. The largest absolute Gasteiger partial charge is 0.378 e. The molecule has 1 aliphatic carbocycles. The maximum atomic E-state index is 5.42. The van der Waals surface area contributed by atoms with E-state index >= 15 is 0 Å². The van der Waals surface area contributed by atoms with E-state index in [0.29, 0.717) is 0 Å². The van der Waals surface area contributed by atoms with Crippen LogP contribution in [0.3, 0.4) is 0 Å². The number of rotatable bonds is 2. The molecule has 13 heavy (non-hydrogen) atoms. The third kappa shape index (κ3) is 1.36. The van der Waals surface area contributed by atoms with Gasteiger partial charge in [0.1, 0.15) is 6.10 Å². The van der Waals surface area contributed by atoms with Gasteiger partial charge in [-0.05, 0) is 11.1 Å². The number of methoxy groups -OCH3 is 2. The Bertz CT molecular complexity index is 296. The van der Waals surface area contributed by atoms with Gasteiger partial charge in [-0.1, -0.05) is 24.3 Å². The first-order valence-corrected chi connectivity index (χ1v) is 4.50. The minimum Gasteiger partial charge on any atom is -0.378 e. The molecule has 0 saturated carbocycles. The van der Waals surface area contributed by atoms with E-state index in [0.717, 1.165) is 6.42 Å². The zero-order valence-corrected chi connectivity index (χ0v) is 7.99. The second kappa shape index (κ2) is 3.48. The fourth-order valence-electron chi connectivity index (χ4n) is 2.01. The van der Waals surface area contributed by atoms with Crippen LogP contribution in [0.5, 0.6) is 0 Å². The standard InChI is InChI=1S/C11H14O2/c1-12-10-7-8-5-3-4-6-9(8)11(10)13-2/h3-6,10-11H,7H2,1-2H3/t10-,11+/m1/s1. The first-order valence-electron chi connectivity index (χ1n) is 4.50. The Labute approximate surface area is 78.5 Å². The summed E-state index contributed by atoms with van der Waals surface area (Å²) < 4.78 is 10.8. The van der Waals surface area contributed by atoms with Gasteiger partial charge in [-0.15, -0.1) is 0 Å². The fraction of sp³-hybridized carbons (Fsp3) is 0.455. The predicted octanol–water partition coefficient (Wildman–Crippen LogP) is 1.95. The van der Waals surface area contributed by atoms with E-state index in [2.05, 4.69) is 18.2 Å². The minimum absolute atomic E-state index is 0.112. The quantitative estimate of drug-likeness (QED) is 0.689. The summed E-state index contributed by atoms with van der Waals surface area (Å²) in [6.45, 7) is 0. The molecule has 0 bridgehead atoms. The summed E-state index contributed by atoms with van der Waals surface area (Å²) >= 11 is 0. The molecule has 0 heterocycles. The smallest absolute Gasteiger partial charge is 0.109 e. The molecule has 0 radical (unpaired) electrons. The molecule has 70 valence electrons. The fourth-order valence-corrected chi connectivity index (χ4v) is 2.01. The van der Waals surface area contributed by atoms with Crippen LogP contribution >= 0.6 is 0 Å². The molecular weight excluding hydrogens is 164 g/mol. The molecule has 0 fully saturated rings. The third-order valence-corrected chi connectivity index (χ3v) is 2.68. The molecule has 0 N–H and O–H groups in total. The first kappa shape index (κ1) is 8.73.